The molecule has 0 unspecified atom stereocenters. The maximum atomic E-state index is 14.2. The van der Waals surface area contributed by atoms with Crippen molar-refractivity contribution in [1.29, 1.82) is 0 Å². The monoisotopic (exact) mass is 649 g/mol. The minimum Gasteiger partial charge on any atom is -0.352 e. The predicted octanol–water partition coefficient (Wildman–Crippen LogP) is 7.02. The van der Waals surface area contributed by atoms with E-state index in [1.807, 2.05) is 6.92 Å². The Kier molecular flexibility index (Phi) is 10.8. The lowest BCUT2D eigenvalue weighted by atomic mass is 10.1. The van der Waals surface area contributed by atoms with Crippen molar-refractivity contribution in [3.05, 3.63) is 92.9 Å². The zero-order valence-electron chi connectivity index (χ0n) is 23.5. The first kappa shape index (κ1) is 32.1. The molecule has 1 fully saturated rings. The smallest absolute Gasteiger partial charge is 0.264 e. The van der Waals surface area contributed by atoms with E-state index in [-0.39, 0.29) is 23.4 Å². The van der Waals surface area contributed by atoms with Gasteiger partial charge in [0, 0.05) is 27.7 Å². The highest BCUT2D eigenvalue weighted by Gasteiger charge is 2.35. The quantitative estimate of drug-likeness (QED) is 0.242. The summed E-state index contributed by atoms with van der Waals surface area (Å²) in [6.07, 6.45) is 4.18. The molecule has 1 atom stereocenters. The first-order valence-electron chi connectivity index (χ1n) is 13.9. The number of sulfonamides is 1. The summed E-state index contributed by atoms with van der Waals surface area (Å²) in [4.78, 5) is 29.2. The number of anilines is 1. The fourth-order valence-electron chi connectivity index (χ4n) is 5.21. The average Bonchev–Trinajstić information content (AvgIpc) is 3.46. The summed E-state index contributed by atoms with van der Waals surface area (Å²) in [5, 5.41) is 4.27. The molecule has 1 saturated carbocycles. The largest absolute Gasteiger partial charge is 0.352 e. The minimum absolute atomic E-state index is 0.00592. The predicted molar refractivity (Wildman–Crippen MR) is 169 cm³/mol. The van der Waals surface area contributed by atoms with Crippen LogP contribution in [0.25, 0.3) is 0 Å². The molecule has 2 amide bonds. The van der Waals surface area contributed by atoms with Crippen molar-refractivity contribution < 1.29 is 18.0 Å². The molecule has 1 aliphatic rings. The molecule has 7 nitrogen and oxygen atoms in total. The van der Waals surface area contributed by atoms with Gasteiger partial charge in [-0.15, -0.1) is 0 Å². The van der Waals surface area contributed by atoms with E-state index in [4.69, 9.17) is 34.8 Å². The van der Waals surface area contributed by atoms with Gasteiger partial charge in [0.1, 0.15) is 12.6 Å². The number of amides is 2. The summed E-state index contributed by atoms with van der Waals surface area (Å²) in [5.41, 5.74) is 1.61. The number of hydrogen-bond acceptors (Lipinski definition) is 4. The molecule has 42 heavy (non-hydrogen) atoms. The zero-order valence-corrected chi connectivity index (χ0v) is 26.6. The number of carbonyl (C=O) groups excluding carboxylic acids is 2. The highest BCUT2D eigenvalue weighted by molar-refractivity contribution is 7.92. The Morgan fingerprint density at radius 2 is 1.60 bits per heavy atom. The molecule has 0 radical (unpaired) electrons. The molecule has 0 saturated heterocycles. The van der Waals surface area contributed by atoms with Crippen molar-refractivity contribution in [2.45, 2.75) is 69.5 Å². The van der Waals surface area contributed by atoms with Crippen LogP contribution in [0.15, 0.2) is 71.6 Å². The molecule has 1 N–H and O–H groups in total. The first-order chi connectivity index (χ1) is 20.0. The summed E-state index contributed by atoms with van der Waals surface area (Å²) in [7, 11) is -4.20. The number of carbonyl (C=O) groups is 2. The van der Waals surface area contributed by atoms with Crippen molar-refractivity contribution >= 4 is 62.3 Å². The molecule has 3 aromatic rings. The number of rotatable bonds is 11. The summed E-state index contributed by atoms with van der Waals surface area (Å²) >= 11 is 18.6. The third-order valence-electron chi connectivity index (χ3n) is 7.51. The summed E-state index contributed by atoms with van der Waals surface area (Å²) in [6, 6.07) is 16.9. The van der Waals surface area contributed by atoms with Gasteiger partial charge in [0.25, 0.3) is 10.0 Å². The zero-order chi connectivity index (χ0) is 30.4. The Morgan fingerprint density at radius 1 is 0.952 bits per heavy atom. The first-order valence-corrected chi connectivity index (χ1v) is 16.5. The maximum absolute atomic E-state index is 14.2. The highest BCUT2D eigenvalue weighted by atomic mass is 35.5. The van der Waals surface area contributed by atoms with Crippen LogP contribution in [-0.2, 0) is 26.2 Å². The number of hydrogen-bond donors (Lipinski definition) is 1. The Bertz CT molecular complexity index is 1530. The Hall–Kier alpha value is -2.78. The summed E-state index contributed by atoms with van der Waals surface area (Å²) in [6.45, 7) is 3.06. The number of nitrogens with one attached hydrogen (secondary N) is 1. The van der Waals surface area contributed by atoms with Gasteiger partial charge >= 0.3 is 0 Å². The van der Waals surface area contributed by atoms with Crippen LogP contribution >= 0.6 is 34.8 Å². The lowest BCUT2D eigenvalue weighted by Crippen LogP contribution is -2.53. The fraction of sp³-hybridized carbons (Fsp3) is 0.355. The van der Waals surface area contributed by atoms with E-state index >= 15 is 0 Å². The van der Waals surface area contributed by atoms with Gasteiger partial charge in [0.2, 0.25) is 11.8 Å². The van der Waals surface area contributed by atoms with E-state index in [9.17, 15) is 18.0 Å². The van der Waals surface area contributed by atoms with Gasteiger partial charge in [-0.3, -0.25) is 13.9 Å². The van der Waals surface area contributed by atoms with Crippen molar-refractivity contribution in [2.24, 2.45) is 0 Å². The van der Waals surface area contributed by atoms with Crippen LogP contribution < -0.4 is 9.62 Å². The molecular weight excluding hydrogens is 617 g/mol. The van der Waals surface area contributed by atoms with Gasteiger partial charge < -0.3 is 10.2 Å². The number of halogens is 3. The van der Waals surface area contributed by atoms with Gasteiger partial charge in [-0.25, -0.2) is 8.42 Å². The lowest BCUT2D eigenvalue weighted by molar-refractivity contribution is -0.140. The highest BCUT2D eigenvalue weighted by Crippen LogP contribution is 2.29. The molecular formula is C31H34Cl3N3O4S. The number of nitrogens with zero attached hydrogens (tertiary/aromatic N) is 2. The van der Waals surface area contributed by atoms with Crippen LogP contribution in [-0.4, -0.2) is 43.8 Å². The molecule has 224 valence electrons. The van der Waals surface area contributed by atoms with Gasteiger partial charge in [-0.2, -0.15) is 0 Å². The molecule has 0 aliphatic heterocycles. The summed E-state index contributed by atoms with van der Waals surface area (Å²) < 4.78 is 29.1. The average molecular weight is 651 g/mol. The fourth-order valence-corrected chi connectivity index (χ4v) is 7.28. The normalized spacial score (nSPS) is 14.4. The van der Waals surface area contributed by atoms with E-state index in [0.29, 0.717) is 38.3 Å². The molecule has 0 spiro atoms. The molecule has 1 aliphatic carbocycles. The molecule has 0 heterocycles. The second-order valence-corrected chi connectivity index (χ2v) is 13.6. The number of benzene rings is 3. The van der Waals surface area contributed by atoms with Gasteiger partial charge in [0.05, 0.1) is 10.6 Å². The second-order valence-electron chi connectivity index (χ2n) is 10.4. The van der Waals surface area contributed by atoms with Gasteiger partial charge in [-0.1, -0.05) is 78.8 Å². The van der Waals surface area contributed by atoms with E-state index in [0.717, 1.165) is 30.0 Å². The van der Waals surface area contributed by atoms with Crippen LogP contribution in [0.3, 0.4) is 0 Å². The SMILES string of the molecule is CC[C@H](C(=O)NC1CCCC1)N(Cc1ccc(Cl)cc1Cl)C(=O)CN(c1ccccc1C)S(=O)(=O)c1ccc(Cl)cc1. The van der Waals surface area contributed by atoms with Crippen LogP contribution in [0.2, 0.25) is 15.1 Å². The molecule has 0 aromatic heterocycles. The Labute approximate surface area is 262 Å². The van der Waals surface area contributed by atoms with Crippen molar-refractivity contribution in [2.75, 3.05) is 10.8 Å². The van der Waals surface area contributed by atoms with Crippen LogP contribution in [0, 0.1) is 6.92 Å². The van der Waals surface area contributed by atoms with Crippen LogP contribution in [0.5, 0.6) is 0 Å². The lowest BCUT2D eigenvalue weighted by Gasteiger charge is -2.34. The van der Waals surface area contributed by atoms with E-state index in [1.54, 1.807) is 49.4 Å². The van der Waals surface area contributed by atoms with Gasteiger partial charge in [0.15, 0.2) is 0 Å². The number of aryl methyl sites for hydroxylation is 1. The van der Waals surface area contributed by atoms with E-state index < -0.39 is 28.5 Å². The molecule has 4 rings (SSSR count). The third-order valence-corrected chi connectivity index (χ3v) is 10.1. The molecule has 0 bridgehead atoms. The van der Waals surface area contributed by atoms with E-state index in [2.05, 4.69) is 5.32 Å². The Balaban J connectivity index is 1.74. The summed E-state index contributed by atoms with van der Waals surface area (Å²) in [5.74, 6) is -0.818. The number of para-hydroxylation sites is 1. The van der Waals surface area contributed by atoms with Crippen LogP contribution in [0.4, 0.5) is 5.69 Å². The second kappa shape index (κ2) is 14.1. The van der Waals surface area contributed by atoms with Crippen molar-refractivity contribution in [3.8, 4) is 0 Å². The van der Waals surface area contributed by atoms with Gasteiger partial charge in [-0.05, 0) is 79.8 Å². The molecule has 3 aromatic carbocycles. The standard InChI is InChI=1S/C31H34Cl3N3O4S/c1-3-28(31(39)35-25-9-5-6-10-25)36(19-22-12-13-24(33)18-27(22)34)30(38)20-37(29-11-7-4-8-21(29)2)42(40,41)26-16-14-23(32)15-17-26/h4,7-8,11-18,25,28H,3,5-6,9-10,19-20H2,1-2H3,(H,35,39)/t28-/m1/s1. The maximum Gasteiger partial charge on any atom is 0.264 e. The Morgan fingerprint density at radius 3 is 2.21 bits per heavy atom. The molecule has 11 heteroatoms. The third kappa shape index (κ3) is 7.59. The van der Waals surface area contributed by atoms with Crippen LogP contribution in [0.1, 0.15) is 50.2 Å². The minimum atomic E-state index is -4.20. The van der Waals surface area contributed by atoms with E-state index in [1.165, 1.54) is 29.2 Å². The van der Waals surface area contributed by atoms with Crippen molar-refractivity contribution in [1.82, 2.24) is 10.2 Å². The van der Waals surface area contributed by atoms with Crippen molar-refractivity contribution in [3.63, 3.8) is 0 Å². The topological polar surface area (TPSA) is 86.8 Å².